The molecular weight excluding hydrogens is 227 g/mol. The first-order valence-corrected chi connectivity index (χ1v) is 5.06. The van der Waals surface area contributed by atoms with Crippen LogP contribution in [0.15, 0.2) is 18.5 Å². The van der Waals surface area contributed by atoms with E-state index in [0.29, 0.717) is 0 Å². The SMILES string of the molecule is O=C1CNC(C(=O)Nc2cncc(F)c2)CN1. The summed E-state index contributed by atoms with van der Waals surface area (Å²) in [7, 11) is 0. The van der Waals surface area contributed by atoms with Crippen LogP contribution in [0.4, 0.5) is 10.1 Å². The third-order valence-electron chi connectivity index (χ3n) is 2.30. The lowest BCUT2D eigenvalue weighted by atomic mass is 10.2. The number of amides is 2. The summed E-state index contributed by atoms with van der Waals surface area (Å²) in [5, 5.41) is 7.84. The first-order chi connectivity index (χ1) is 8.15. The lowest BCUT2D eigenvalue weighted by Gasteiger charge is -2.23. The smallest absolute Gasteiger partial charge is 0.243 e. The highest BCUT2D eigenvalue weighted by atomic mass is 19.1. The first kappa shape index (κ1) is 11.5. The molecule has 1 aliphatic heterocycles. The van der Waals surface area contributed by atoms with Crippen LogP contribution >= 0.6 is 0 Å². The summed E-state index contributed by atoms with van der Waals surface area (Å²) in [6.07, 6.45) is 2.40. The van der Waals surface area contributed by atoms with Crippen molar-refractivity contribution in [1.82, 2.24) is 15.6 Å². The van der Waals surface area contributed by atoms with E-state index in [0.717, 1.165) is 6.20 Å². The number of halogens is 1. The molecule has 7 heteroatoms. The molecule has 3 N–H and O–H groups in total. The molecule has 1 aromatic heterocycles. The molecule has 0 spiro atoms. The second-order valence-corrected chi connectivity index (χ2v) is 3.62. The average molecular weight is 238 g/mol. The van der Waals surface area contributed by atoms with E-state index < -0.39 is 11.9 Å². The number of hydrogen-bond donors (Lipinski definition) is 3. The van der Waals surface area contributed by atoms with Gasteiger partial charge in [0.1, 0.15) is 11.9 Å². The topological polar surface area (TPSA) is 83.1 Å². The van der Waals surface area contributed by atoms with Gasteiger partial charge < -0.3 is 10.6 Å². The molecule has 0 saturated carbocycles. The molecule has 0 aliphatic carbocycles. The van der Waals surface area contributed by atoms with Crippen LogP contribution in [0.1, 0.15) is 0 Å². The van der Waals surface area contributed by atoms with Gasteiger partial charge in [-0.15, -0.1) is 0 Å². The summed E-state index contributed by atoms with van der Waals surface area (Å²) in [5.74, 6) is -1.01. The molecule has 1 fully saturated rings. The average Bonchev–Trinajstić information content (AvgIpc) is 2.29. The summed E-state index contributed by atoms with van der Waals surface area (Å²) < 4.78 is 12.8. The largest absolute Gasteiger partial charge is 0.353 e. The van der Waals surface area contributed by atoms with Crippen molar-refractivity contribution in [3.63, 3.8) is 0 Å². The van der Waals surface area contributed by atoms with Gasteiger partial charge in [0.15, 0.2) is 0 Å². The summed E-state index contributed by atoms with van der Waals surface area (Å²) in [6, 6.07) is 0.655. The van der Waals surface area contributed by atoms with Crippen LogP contribution in [-0.4, -0.2) is 35.9 Å². The predicted octanol–water partition coefficient (Wildman–Crippen LogP) is -0.753. The minimum absolute atomic E-state index is 0.0967. The number of nitrogens with zero attached hydrogens (tertiary/aromatic N) is 1. The van der Waals surface area contributed by atoms with E-state index in [1.807, 2.05) is 0 Å². The summed E-state index contributed by atoms with van der Waals surface area (Å²) in [6.45, 7) is 0.312. The molecule has 90 valence electrons. The Balaban J connectivity index is 1.95. The maximum Gasteiger partial charge on any atom is 0.243 e. The molecule has 6 nitrogen and oxygen atoms in total. The molecule has 17 heavy (non-hydrogen) atoms. The number of hydrogen-bond acceptors (Lipinski definition) is 4. The van der Waals surface area contributed by atoms with Gasteiger partial charge in [0.05, 0.1) is 24.6 Å². The summed E-state index contributed by atoms with van der Waals surface area (Å²) in [5.41, 5.74) is 0.286. The summed E-state index contributed by atoms with van der Waals surface area (Å²) in [4.78, 5) is 26.2. The van der Waals surface area contributed by atoms with Crippen molar-refractivity contribution in [3.05, 3.63) is 24.3 Å². The van der Waals surface area contributed by atoms with Gasteiger partial charge in [-0.05, 0) is 0 Å². The van der Waals surface area contributed by atoms with Crippen LogP contribution in [-0.2, 0) is 9.59 Å². The van der Waals surface area contributed by atoms with Gasteiger partial charge in [0.25, 0.3) is 0 Å². The van der Waals surface area contributed by atoms with E-state index in [-0.39, 0.29) is 30.6 Å². The van der Waals surface area contributed by atoms with E-state index in [4.69, 9.17) is 0 Å². The van der Waals surface area contributed by atoms with Gasteiger partial charge in [0, 0.05) is 12.6 Å². The molecule has 1 aromatic rings. The Hall–Kier alpha value is -2.02. The highest BCUT2D eigenvalue weighted by Crippen LogP contribution is 2.07. The second kappa shape index (κ2) is 4.88. The maximum absolute atomic E-state index is 12.8. The van der Waals surface area contributed by atoms with Crippen LogP contribution < -0.4 is 16.0 Å². The number of piperazine rings is 1. The fourth-order valence-corrected chi connectivity index (χ4v) is 1.46. The lowest BCUT2D eigenvalue weighted by Crippen LogP contribution is -2.56. The Bertz CT molecular complexity index is 442. The van der Waals surface area contributed by atoms with E-state index in [1.54, 1.807) is 0 Å². The molecule has 0 bridgehead atoms. The van der Waals surface area contributed by atoms with Gasteiger partial charge in [-0.2, -0.15) is 0 Å². The van der Waals surface area contributed by atoms with Crippen molar-refractivity contribution >= 4 is 17.5 Å². The first-order valence-electron chi connectivity index (χ1n) is 5.06. The van der Waals surface area contributed by atoms with E-state index in [9.17, 15) is 14.0 Å². The zero-order valence-electron chi connectivity index (χ0n) is 8.87. The quantitative estimate of drug-likeness (QED) is 0.633. The van der Waals surface area contributed by atoms with Crippen molar-refractivity contribution < 1.29 is 14.0 Å². The van der Waals surface area contributed by atoms with Gasteiger partial charge in [-0.1, -0.05) is 0 Å². The van der Waals surface area contributed by atoms with Crippen LogP contribution in [0, 0.1) is 5.82 Å². The normalized spacial score (nSPS) is 19.6. The van der Waals surface area contributed by atoms with Gasteiger partial charge >= 0.3 is 0 Å². The predicted molar refractivity (Wildman–Crippen MR) is 57.6 cm³/mol. The lowest BCUT2D eigenvalue weighted by molar-refractivity contribution is -0.124. The highest BCUT2D eigenvalue weighted by Gasteiger charge is 2.23. The Morgan fingerprint density at radius 2 is 2.35 bits per heavy atom. The second-order valence-electron chi connectivity index (χ2n) is 3.62. The fourth-order valence-electron chi connectivity index (χ4n) is 1.46. The van der Waals surface area contributed by atoms with E-state index in [1.165, 1.54) is 12.3 Å². The molecule has 1 atom stereocenters. The zero-order valence-corrected chi connectivity index (χ0v) is 8.87. The highest BCUT2D eigenvalue weighted by molar-refractivity contribution is 5.96. The third kappa shape index (κ3) is 2.97. The molecule has 1 saturated heterocycles. The van der Waals surface area contributed by atoms with Crippen molar-refractivity contribution in [3.8, 4) is 0 Å². The van der Waals surface area contributed by atoms with Crippen LogP contribution in [0.5, 0.6) is 0 Å². The minimum Gasteiger partial charge on any atom is -0.353 e. The number of carbonyl (C=O) groups is 2. The number of rotatable bonds is 2. The molecule has 0 aromatic carbocycles. The number of carbonyl (C=O) groups excluding carboxylic acids is 2. The van der Waals surface area contributed by atoms with Crippen LogP contribution in [0.25, 0.3) is 0 Å². The van der Waals surface area contributed by atoms with Gasteiger partial charge in [-0.25, -0.2) is 4.39 Å². The molecular formula is C10H11FN4O2. The number of pyridine rings is 1. The van der Waals surface area contributed by atoms with Gasteiger partial charge in [-0.3, -0.25) is 19.9 Å². The van der Waals surface area contributed by atoms with Crippen LogP contribution in [0.3, 0.4) is 0 Å². The molecule has 0 radical (unpaired) electrons. The number of anilines is 1. The fraction of sp³-hybridized carbons (Fsp3) is 0.300. The van der Waals surface area contributed by atoms with Crippen molar-refractivity contribution in [2.75, 3.05) is 18.4 Å². The zero-order chi connectivity index (χ0) is 12.3. The molecule has 2 rings (SSSR count). The molecule has 2 heterocycles. The third-order valence-corrected chi connectivity index (χ3v) is 2.30. The maximum atomic E-state index is 12.8. The molecule has 1 aliphatic rings. The Kier molecular flexibility index (Phi) is 3.29. The Morgan fingerprint density at radius 3 is 3.00 bits per heavy atom. The van der Waals surface area contributed by atoms with Crippen molar-refractivity contribution in [2.24, 2.45) is 0 Å². The van der Waals surface area contributed by atoms with Gasteiger partial charge in [0.2, 0.25) is 11.8 Å². The molecule has 2 amide bonds. The standard InChI is InChI=1S/C10H11FN4O2/c11-6-1-7(3-12-2-6)15-10(17)8-4-14-9(16)5-13-8/h1-3,8,13H,4-5H2,(H,14,16)(H,15,17). The van der Waals surface area contributed by atoms with Crippen LogP contribution in [0.2, 0.25) is 0 Å². The Labute approximate surface area is 96.6 Å². The monoisotopic (exact) mass is 238 g/mol. The van der Waals surface area contributed by atoms with E-state index in [2.05, 4.69) is 20.9 Å². The number of nitrogens with one attached hydrogen (secondary N) is 3. The summed E-state index contributed by atoms with van der Waals surface area (Å²) >= 11 is 0. The number of aromatic nitrogens is 1. The van der Waals surface area contributed by atoms with E-state index >= 15 is 0 Å². The van der Waals surface area contributed by atoms with Crippen molar-refractivity contribution in [1.29, 1.82) is 0 Å². The van der Waals surface area contributed by atoms with Crippen molar-refractivity contribution in [2.45, 2.75) is 6.04 Å². The molecule has 1 unspecified atom stereocenters. The minimum atomic E-state index is -0.521. The Morgan fingerprint density at radius 1 is 1.53 bits per heavy atom.